The van der Waals surface area contributed by atoms with E-state index in [2.05, 4.69) is 50.7 Å². The molecule has 1 aliphatic rings. The van der Waals surface area contributed by atoms with Gasteiger partial charge in [-0.2, -0.15) is 0 Å². The van der Waals surface area contributed by atoms with Crippen LogP contribution >= 0.6 is 46.0 Å². The van der Waals surface area contributed by atoms with E-state index in [0.29, 0.717) is 5.25 Å². The van der Waals surface area contributed by atoms with Gasteiger partial charge in [-0.3, -0.25) is 9.98 Å². The van der Waals surface area contributed by atoms with Crippen molar-refractivity contribution in [1.29, 1.82) is 0 Å². The molecule has 0 amide bonds. The lowest BCUT2D eigenvalue weighted by molar-refractivity contribution is 0.414. The van der Waals surface area contributed by atoms with Crippen LogP contribution in [-0.4, -0.2) is 31.3 Å². The summed E-state index contributed by atoms with van der Waals surface area (Å²) >= 11 is 10.3. The van der Waals surface area contributed by atoms with Crippen molar-refractivity contribution < 1.29 is 0 Å². The van der Waals surface area contributed by atoms with Crippen LogP contribution in [0.2, 0.25) is 5.02 Å². The van der Waals surface area contributed by atoms with Gasteiger partial charge in [-0.25, -0.2) is 0 Å². The molecule has 23 heavy (non-hydrogen) atoms. The normalized spacial score (nSPS) is 17.1. The van der Waals surface area contributed by atoms with E-state index in [1.807, 2.05) is 36.2 Å². The van der Waals surface area contributed by atoms with Gasteiger partial charge < -0.3 is 4.90 Å². The molecule has 6 heteroatoms. The van der Waals surface area contributed by atoms with E-state index in [4.69, 9.17) is 16.6 Å². The standard InChI is InChI=1S/C17H17ClIN3S/c18-15-5-3-13(4-6-15)11-22(12-14-2-1-7-20-9-14)17-21-10-16(8-19)23-17/h1-7,9,16H,8,10-12H2. The van der Waals surface area contributed by atoms with E-state index in [0.717, 1.165) is 34.3 Å². The molecule has 0 aliphatic carbocycles. The maximum atomic E-state index is 5.99. The number of benzene rings is 1. The van der Waals surface area contributed by atoms with E-state index in [1.54, 1.807) is 6.20 Å². The minimum atomic E-state index is 0.590. The van der Waals surface area contributed by atoms with Gasteiger partial charge in [-0.15, -0.1) is 0 Å². The SMILES string of the molecule is Clc1ccc(CN(Cc2cccnc2)C2=NCC(CI)S2)cc1. The fraction of sp³-hybridized carbons (Fsp3) is 0.294. The number of aliphatic imine (C=N–C) groups is 1. The molecule has 1 atom stereocenters. The Morgan fingerprint density at radius 3 is 2.61 bits per heavy atom. The third-order valence-corrected chi connectivity index (χ3v) is 6.69. The first-order chi connectivity index (χ1) is 11.2. The summed E-state index contributed by atoms with van der Waals surface area (Å²) in [4.78, 5) is 11.3. The molecule has 2 aromatic rings. The summed E-state index contributed by atoms with van der Waals surface area (Å²) in [6.07, 6.45) is 3.73. The molecule has 0 fully saturated rings. The number of hydrogen-bond donors (Lipinski definition) is 0. The highest BCUT2D eigenvalue weighted by Gasteiger charge is 2.23. The molecule has 3 rings (SSSR count). The summed E-state index contributed by atoms with van der Waals surface area (Å²) < 4.78 is 1.12. The van der Waals surface area contributed by atoms with Gasteiger partial charge in [-0.05, 0) is 29.3 Å². The van der Waals surface area contributed by atoms with E-state index in [9.17, 15) is 0 Å². The number of thioether (sulfide) groups is 1. The lowest BCUT2D eigenvalue weighted by Crippen LogP contribution is -2.27. The maximum absolute atomic E-state index is 5.99. The van der Waals surface area contributed by atoms with Crippen LogP contribution in [0.4, 0.5) is 0 Å². The molecule has 0 saturated heterocycles. The molecular weight excluding hydrogens is 441 g/mol. The topological polar surface area (TPSA) is 28.5 Å². The number of aromatic nitrogens is 1. The number of hydrogen-bond acceptors (Lipinski definition) is 4. The van der Waals surface area contributed by atoms with Crippen molar-refractivity contribution >= 4 is 51.1 Å². The number of nitrogens with zero attached hydrogens (tertiary/aromatic N) is 3. The summed E-state index contributed by atoms with van der Waals surface area (Å²) in [5, 5.41) is 2.49. The highest BCUT2D eigenvalue weighted by molar-refractivity contribution is 14.1. The summed E-state index contributed by atoms with van der Waals surface area (Å²) in [6, 6.07) is 12.1. The highest BCUT2D eigenvalue weighted by atomic mass is 127. The molecule has 120 valence electrons. The zero-order valence-electron chi connectivity index (χ0n) is 12.5. The average molecular weight is 458 g/mol. The third kappa shape index (κ3) is 4.84. The Bertz CT molecular complexity index is 663. The summed E-state index contributed by atoms with van der Waals surface area (Å²) in [5.74, 6) is 0. The predicted octanol–water partition coefficient (Wildman–Crippen LogP) is 4.64. The first kappa shape index (κ1) is 17.0. The summed E-state index contributed by atoms with van der Waals surface area (Å²) in [7, 11) is 0. The molecule has 0 saturated carbocycles. The Morgan fingerprint density at radius 2 is 1.96 bits per heavy atom. The largest absolute Gasteiger partial charge is 0.343 e. The lowest BCUT2D eigenvalue weighted by Gasteiger charge is -2.24. The Labute approximate surface area is 159 Å². The second kappa shape index (κ2) is 8.35. The zero-order valence-corrected chi connectivity index (χ0v) is 16.3. The van der Waals surface area contributed by atoms with Crippen LogP contribution in [0.1, 0.15) is 11.1 Å². The molecule has 0 N–H and O–H groups in total. The van der Waals surface area contributed by atoms with Gasteiger partial charge in [-0.1, -0.05) is 64.2 Å². The first-order valence-electron chi connectivity index (χ1n) is 7.40. The Morgan fingerprint density at radius 1 is 1.17 bits per heavy atom. The molecule has 1 aromatic carbocycles. The van der Waals surface area contributed by atoms with Crippen LogP contribution in [0.5, 0.6) is 0 Å². The molecule has 1 unspecified atom stereocenters. The zero-order chi connectivity index (χ0) is 16.1. The van der Waals surface area contributed by atoms with Crippen molar-refractivity contribution in [3.05, 3.63) is 64.9 Å². The van der Waals surface area contributed by atoms with Crippen LogP contribution in [0, 0.1) is 0 Å². The number of amidine groups is 1. The fourth-order valence-electron chi connectivity index (χ4n) is 2.37. The second-order valence-electron chi connectivity index (χ2n) is 5.36. The van der Waals surface area contributed by atoms with Crippen molar-refractivity contribution in [3.8, 4) is 0 Å². The lowest BCUT2D eigenvalue weighted by atomic mass is 10.2. The van der Waals surface area contributed by atoms with Gasteiger partial charge in [0.15, 0.2) is 5.17 Å². The fourth-order valence-corrected chi connectivity index (χ4v) is 4.25. The van der Waals surface area contributed by atoms with E-state index in [-0.39, 0.29) is 0 Å². The van der Waals surface area contributed by atoms with Crippen LogP contribution in [0.25, 0.3) is 0 Å². The maximum Gasteiger partial charge on any atom is 0.160 e. The van der Waals surface area contributed by atoms with Crippen LogP contribution in [0.15, 0.2) is 53.8 Å². The summed E-state index contributed by atoms with van der Waals surface area (Å²) in [6.45, 7) is 2.55. The Kier molecular flexibility index (Phi) is 6.19. The highest BCUT2D eigenvalue weighted by Crippen LogP contribution is 2.27. The Balaban J connectivity index is 1.77. The van der Waals surface area contributed by atoms with Crippen molar-refractivity contribution in [2.75, 3.05) is 11.0 Å². The van der Waals surface area contributed by atoms with Crippen molar-refractivity contribution in [2.45, 2.75) is 18.3 Å². The van der Waals surface area contributed by atoms with E-state index >= 15 is 0 Å². The second-order valence-corrected chi connectivity index (χ2v) is 7.95. The third-order valence-electron chi connectivity index (χ3n) is 3.53. The smallest absolute Gasteiger partial charge is 0.160 e. The van der Waals surface area contributed by atoms with Gasteiger partial charge in [0.05, 0.1) is 6.54 Å². The van der Waals surface area contributed by atoms with Crippen molar-refractivity contribution in [2.24, 2.45) is 4.99 Å². The molecule has 1 aromatic heterocycles. The van der Waals surface area contributed by atoms with Crippen LogP contribution in [0.3, 0.4) is 0 Å². The molecular formula is C17H17ClIN3S. The van der Waals surface area contributed by atoms with Crippen LogP contribution < -0.4 is 0 Å². The monoisotopic (exact) mass is 457 g/mol. The van der Waals surface area contributed by atoms with Crippen molar-refractivity contribution in [3.63, 3.8) is 0 Å². The van der Waals surface area contributed by atoms with Gasteiger partial charge in [0, 0.05) is 40.2 Å². The quantitative estimate of drug-likeness (QED) is 0.484. The van der Waals surface area contributed by atoms with Gasteiger partial charge >= 0.3 is 0 Å². The number of pyridine rings is 1. The van der Waals surface area contributed by atoms with Gasteiger partial charge in [0.25, 0.3) is 0 Å². The average Bonchev–Trinajstić information content (AvgIpc) is 3.06. The molecule has 0 bridgehead atoms. The minimum absolute atomic E-state index is 0.590. The van der Waals surface area contributed by atoms with Gasteiger partial charge in [0.2, 0.25) is 0 Å². The van der Waals surface area contributed by atoms with E-state index in [1.165, 1.54) is 11.1 Å². The summed E-state index contributed by atoms with van der Waals surface area (Å²) in [5.41, 5.74) is 2.43. The molecule has 3 nitrogen and oxygen atoms in total. The first-order valence-corrected chi connectivity index (χ1v) is 10.2. The molecule has 0 spiro atoms. The van der Waals surface area contributed by atoms with Gasteiger partial charge in [0.1, 0.15) is 0 Å². The number of halogens is 2. The molecule has 1 aliphatic heterocycles. The van der Waals surface area contributed by atoms with Crippen molar-refractivity contribution in [1.82, 2.24) is 9.88 Å². The number of rotatable bonds is 5. The predicted molar refractivity (Wildman–Crippen MR) is 108 cm³/mol. The molecule has 2 heterocycles. The number of alkyl halides is 1. The van der Waals surface area contributed by atoms with E-state index < -0.39 is 0 Å². The minimum Gasteiger partial charge on any atom is -0.343 e. The Hall–Kier alpha value is -0.790. The van der Waals surface area contributed by atoms with Crippen LogP contribution in [-0.2, 0) is 13.1 Å². The molecule has 0 radical (unpaired) electrons.